The Hall–Kier alpha value is -2.00. The molecule has 0 bridgehead atoms. The van der Waals surface area contributed by atoms with Crippen LogP contribution in [0.5, 0.6) is 0 Å². The van der Waals surface area contributed by atoms with Crippen molar-refractivity contribution in [1.29, 1.82) is 0 Å². The van der Waals surface area contributed by atoms with E-state index in [1.165, 1.54) is 5.69 Å². The van der Waals surface area contributed by atoms with Gasteiger partial charge in [0.1, 0.15) is 5.82 Å². The number of nitrogens with zero attached hydrogens (tertiary/aromatic N) is 2. The molecule has 108 valence electrons. The molecule has 0 saturated carbocycles. The minimum absolute atomic E-state index is 0.638. The van der Waals surface area contributed by atoms with Crippen LogP contribution >= 0.6 is 11.6 Å². The van der Waals surface area contributed by atoms with E-state index in [4.69, 9.17) is 11.6 Å². The molecule has 1 N–H and O–H groups in total. The van der Waals surface area contributed by atoms with Gasteiger partial charge < -0.3 is 9.88 Å². The first kappa shape index (κ1) is 14.0. The van der Waals surface area contributed by atoms with E-state index in [0.29, 0.717) is 5.88 Å². The molecule has 0 saturated heterocycles. The van der Waals surface area contributed by atoms with Crippen molar-refractivity contribution < 1.29 is 0 Å². The van der Waals surface area contributed by atoms with Crippen LogP contribution in [0.3, 0.4) is 0 Å². The van der Waals surface area contributed by atoms with Crippen molar-refractivity contribution in [2.45, 2.75) is 6.92 Å². The molecule has 0 spiro atoms. The number of para-hydroxylation sites is 2. The fourth-order valence-corrected chi connectivity index (χ4v) is 2.70. The fraction of sp³-hybridized carbons (Fsp3) is 0.235. The lowest BCUT2D eigenvalue weighted by atomic mass is 10.2. The maximum atomic E-state index is 5.84. The van der Waals surface area contributed by atoms with Crippen LogP contribution in [0, 0.1) is 0 Å². The Morgan fingerprint density at radius 2 is 1.86 bits per heavy atom. The molecule has 21 heavy (non-hydrogen) atoms. The molecule has 4 heteroatoms. The summed E-state index contributed by atoms with van der Waals surface area (Å²) in [6, 6.07) is 16.5. The van der Waals surface area contributed by atoms with E-state index in [1.54, 1.807) is 0 Å². The first-order valence-electron chi connectivity index (χ1n) is 7.18. The summed E-state index contributed by atoms with van der Waals surface area (Å²) in [6.45, 7) is 3.96. The number of benzene rings is 2. The monoisotopic (exact) mass is 299 g/mol. The largest absolute Gasteiger partial charge is 0.371 e. The van der Waals surface area contributed by atoms with E-state index in [2.05, 4.69) is 46.1 Å². The van der Waals surface area contributed by atoms with Gasteiger partial charge in [-0.2, -0.15) is 0 Å². The zero-order chi connectivity index (χ0) is 14.7. The highest BCUT2D eigenvalue weighted by molar-refractivity contribution is 6.18. The van der Waals surface area contributed by atoms with Crippen LogP contribution in [0.25, 0.3) is 22.4 Å². The van der Waals surface area contributed by atoms with Crippen molar-refractivity contribution in [2.24, 2.45) is 0 Å². The molecule has 0 atom stereocenters. The van der Waals surface area contributed by atoms with Crippen molar-refractivity contribution in [1.82, 2.24) is 9.97 Å². The summed E-state index contributed by atoms with van der Waals surface area (Å²) in [5.74, 6) is 1.54. The third-order valence-electron chi connectivity index (χ3n) is 3.63. The second-order valence-corrected chi connectivity index (χ2v) is 5.30. The number of H-pyrrole nitrogens is 1. The van der Waals surface area contributed by atoms with Crippen LogP contribution in [0.1, 0.15) is 6.92 Å². The van der Waals surface area contributed by atoms with Gasteiger partial charge >= 0.3 is 0 Å². The lowest BCUT2D eigenvalue weighted by Gasteiger charge is -2.21. The summed E-state index contributed by atoms with van der Waals surface area (Å²) in [4.78, 5) is 10.2. The third kappa shape index (κ3) is 2.88. The maximum Gasteiger partial charge on any atom is 0.138 e. The Labute approximate surface area is 129 Å². The molecule has 0 amide bonds. The maximum absolute atomic E-state index is 5.84. The van der Waals surface area contributed by atoms with Crippen molar-refractivity contribution in [3.63, 3.8) is 0 Å². The zero-order valence-electron chi connectivity index (χ0n) is 12.0. The topological polar surface area (TPSA) is 31.9 Å². The van der Waals surface area contributed by atoms with Crippen molar-refractivity contribution in [2.75, 3.05) is 23.9 Å². The predicted octanol–water partition coefficient (Wildman–Crippen LogP) is 4.30. The number of anilines is 1. The fourth-order valence-electron chi connectivity index (χ4n) is 2.49. The van der Waals surface area contributed by atoms with Gasteiger partial charge in [0.05, 0.1) is 11.0 Å². The number of aromatic nitrogens is 2. The highest BCUT2D eigenvalue weighted by atomic mass is 35.5. The molecule has 1 aromatic heterocycles. The van der Waals surface area contributed by atoms with Gasteiger partial charge in [0.25, 0.3) is 0 Å². The number of aromatic amines is 1. The molecule has 0 aliphatic carbocycles. The van der Waals surface area contributed by atoms with E-state index in [9.17, 15) is 0 Å². The van der Waals surface area contributed by atoms with Crippen molar-refractivity contribution in [3.8, 4) is 11.4 Å². The Balaban J connectivity index is 1.89. The van der Waals surface area contributed by atoms with Crippen molar-refractivity contribution in [3.05, 3.63) is 48.5 Å². The number of imidazole rings is 1. The number of fused-ring (bicyclic) bond motifs is 1. The molecule has 0 fully saturated rings. The summed E-state index contributed by atoms with van der Waals surface area (Å²) in [7, 11) is 0. The second-order valence-electron chi connectivity index (χ2n) is 4.92. The summed E-state index contributed by atoms with van der Waals surface area (Å²) in [5.41, 5.74) is 4.35. The van der Waals surface area contributed by atoms with Gasteiger partial charge in [0, 0.05) is 30.2 Å². The number of hydrogen-bond acceptors (Lipinski definition) is 2. The number of hydrogen-bond donors (Lipinski definition) is 1. The summed E-state index contributed by atoms with van der Waals surface area (Å²) in [5, 5.41) is 0. The highest BCUT2D eigenvalue weighted by Crippen LogP contribution is 2.23. The van der Waals surface area contributed by atoms with Crippen LogP contribution in [-0.4, -0.2) is 28.9 Å². The Bertz CT molecular complexity index is 685. The molecule has 3 nitrogen and oxygen atoms in total. The van der Waals surface area contributed by atoms with Gasteiger partial charge in [-0.3, -0.25) is 0 Å². The molecule has 3 rings (SSSR count). The molecule has 1 heterocycles. The molecular weight excluding hydrogens is 282 g/mol. The lowest BCUT2D eigenvalue weighted by Crippen LogP contribution is -2.24. The first-order chi connectivity index (χ1) is 10.3. The molecular formula is C17H18ClN3. The molecule has 0 radical (unpaired) electrons. The number of alkyl halides is 1. The van der Waals surface area contributed by atoms with Crippen LogP contribution in [0.2, 0.25) is 0 Å². The minimum Gasteiger partial charge on any atom is -0.371 e. The van der Waals surface area contributed by atoms with Gasteiger partial charge in [0.2, 0.25) is 0 Å². The number of nitrogens with one attached hydrogen (secondary N) is 1. The molecule has 3 aromatic rings. The second kappa shape index (κ2) is 6.19. The lowest BCUT2D eigenvalue weighted by molar-refractivity contribution is 0.870. The predicted molar refractivity (Wildman–Crippen MR) is 90.1 cm³/mol. The van der Waals surface area contributed by atoms with E-state index >= 15 is 0 Å². The number of halogens is 1. The average Bonchev–Trinajstić information content (AvgIpc) is 2.97. The molecule has 0 unspecified atom stereocenters. The van der Waals surface area contributed by atoms with Gasteiger partial charge in [-0.1, -0.05) is 12.1 Å². The molecule has 0 aliphatic rings. The minimum atomic E-state index is 0.638. The van der Waals surface area contributed by atoms with Crippen LogP contribution < -0.4 is 4.90 Å². The Morgan fingerprint density at radius 1 is 1.10 bits per heavy atom. The van der Waals surface area contributed by atoms with Gasteiger partial charge in [-0.05, 0) is 43.3 Å². The highest BCUT2D eigenvalue weighted by Gasteiger charge is 2.07. The Kier molecular flexibility index (Phi) is 4.11. The van der Waals surface area contributed by atoms with Crippen LogP contribution in [0.15, 0.2) is 48.5 Å². The van der Waals surface area contributed by atoms with E-state index in [0.717, 1.165) is 35.5 Å². The average molecular weight is 300 g/mol. The normalized spacial score (nSPS) is 11.0. The number of rotatable bonds is 5. The zero-order valence-corrected chi connectivity index (χ0v) is 12.8. The third-order valence-corrected chi connectivity index (χ3v) is 3.80. The van der Waals surface area contributed by atoms with E-state index in [1.807, 2.05) is 24.3 Å². The van der Waals surface area contributed by atoms with E-state index in [-0.39, 0.29) is 0 Å². The first-order valence-corrected chi connectivity index (χ1v) is 7.71. The summed E-state index contributed by atoms with van der Waals surface area (Å²) < 4.78 is 0. The SMILES string of the molecule is CCN(CCCl)c1ccc(-c2nc3ccccc3[nH]2)cc1. The van der Waals surface area contributed by atoms with Gasteiger partial charge in [-0.15, -0.1) is 11.6 Å². The van der Waals surface area contributed by atoms with Crippen LogP contribution in [-0.2, 0) is 0 Å². The quantitative estimate of drug-likeness (QED) is 0.713. The summed E-state index contributed by atoms with van der Waals surface area (Å²) in [6.07, 6.45) is 0. The van der Waals surface area contributed by atoms with Crippen LogP contribution in [0.4, 0.5) is 5.69 Å². The summed E-state index contributed by atoms with van der Waals surface area (Å²) >= 11 is 5.84. The van der Waals surface area contributed by atoms with E-state index < -0.39 is 0 Å². The van der Waals surface area contributed by atoms with Gasteiger partial charge in [0.15, 0.2) is 0 Å². The standard InChI is InChI=1S/C17H18ClN3/c1-2-21(12-11-18)14-9-7-13(8-10-14)17-19-15-5-3-4-6-16(15)20-17/h3-10H,2,11-12H2,1H3,(H,19,20). The Morgan fingerprint density at radius 3 is 2.52 bits per heavy atom. The van der Waals surface area contributed by atoms with Gasteiger partial charge in [-0.25, -0.2) is 4.98 Å². The molecule has 0 aliphatic heterocycles. The smallest absolute Gasteiger partial charge is 0.138 e. The molecule has 2 aromatic carbocycles. The van der Waals surface area contributed by atoms with Crippen molar-refractivity contribution >= 4 is 28.3 Å².